The monoisotopic (exact) mass is 273 g/mol. The van der Waals surface area contributed by atoms with Gasteiger partial charge in [0.25, 0.3) is 5.91 Å². The summed E-state index contributed by atoms with van der Waals surface area (Å²) in [5.41, 5.74) is 0.680. The highest BCUT2D eigenvalue weighted by atomic mass is 16.5. The molecule has 0 spiro atoms. The molecule has 2 aromatic rings. The first-order valence-corrected chi connectivity index (χ1v) is 6.62. The van der Waals surface area contributed by atoms with E-state index in [-0.39, 0.29) is 5.91 Å². The lowest BCUT2D eigenvalue weighted by atomic mass is 10.0. The third-order valence-corrected chi connectivity index (χ3v) is 3.27. The molecular formula is C16H19NO3. The van der Waals surface area contributed by atoms with Gasteiger partial charge in [0.1, 0.15) is 5.75 Å². The second kappa shape index (κ2) is 5.92. The number of nitrogens with one attached hydrogen (secondary N) is 1. The van der Waals surface area contributed by atoms with E-state index >= 15 is 0 Å². The Balaban J connectivity index is 2.52. The van der Waals surface area contributed by atoms with Crippen LogP contribution in [0.2, 0.25) is 0 Å². The number of ether oxygens (including phenoxy) is 1. The Hall–Kier alpha value is -2.07. The van der Waals surface area contributed by atoms with Gasteiger partial charge in [-0.1, -0.05) is 36.4 Å². The molecular weight excluding hydrogens is 254 g/mol. The number of hydrogen-bond acceptors (Lipinski definition) is 3. The summed E-state index contributed by atoms with van der Waals surface area (Å²) in [4.78, 5) is 11.6. The van der Waals surface area contributed by atoms with E-state index in [0.29, 0.717) is 11.3 Å². The summed E-state index contributed by atoms with van der Waals surface area (Å²) >= 11 is 0. The molecule has 20 heavy (non-hydrogen) atoms. The Bertz CT molecular complexity index is 622. The summed E-state index contributed by atoms with van der Waals surface area (Å²) in [7, 11) is 1.57. The lowest BCUT2D eigenvalue weighted by Gasteiger charge is -2.19. The third kappa shape index (κ3) is 2.75. The average Bonchev–Trinajstić information content (AvgIpc) is 2.46. The maximum absolute atomic E-state index is 11.6. The van der Waals surface area contributed by atoms with Crippen molar-refractivity contribution in [3.8, 4) is 5.75 Å². The lowest BCUT2D eigenvalue weighted by Crippen LogP contribution is -2.34. The maximum atomic E-state index is 11.6. The highest BCUT2D eigenvalue weighted by molar-refractivity contribution is 5.90. The third-order valence-electron chi connectivity index (χ3n) is 3.27. The molecule has 0 radical (unpaired) electrons. The van der Waals surface area contributed by atoms with Crippen LogP contribution in [0.5, 0.6) is 5.75 Å². The van der Waals surface area contributed by atoms with E-state index in [1.807, 2.05) is 36.4 Å². The van der Waals surface area contributed by atoms with Crippen molar-refractivity contribution < 1.29 is 14.6 Å². The molecule has 0 aliphatic rings. The van der Waals surface area contributed by atoms with Crippen molar-refractivity contribution in [1.82, 2.24) is 5.32 Å². The fourth-order valence-corrected chi connectivity index (χ4v) is 2.15. The smallest absolute Gasteiger partial charge is 0.260 e. The fraction of sp³-hybridized carbons (Fsp3) is 0.312. The number of carbonyl (C=O) groups is 1. The van der Waals surface area contributed by atoms with Crippen molar-refractivity contribution >= 4 is 16.7 Å². The van der Waals surface area contributed by atoms with Gasteiger partial charge in [0.05, 0.1) is 6.10 Å². The van der Waals surface area contributed by atoms with E-state index in [0.717, 1.165) is 10.8 Å². The van der Waals surface area contributed by atoms with Gasteiger partial charge < -0.3 is 15.2 Å². The Kier molecular flexibility index (Phi) is 4.25. The molecule has 4 heteroatoms. The second-order valence-corrected chi connectivity index (χ2v) is 4.76. The summed E-state index contributed by atoms with van der Waals surface area (Å²) < 4.78 is 5.80. The van der Waals surface area contributed by atoms with Crippen LogP contribution in [-0.2, 0) is 4.79 Å². The summed E-state index contributed by atoms with van der Waals surface area (Å²) in [6.45, 7) is 3.37. The minimum Gasteiger partial charge on any atom is -0.480 e. The van der Waals surface area contributed by atoms with Crippen LogP contribution in [0.15, 0.2) is 36.4 Å². The molecule has 1 unspecified atom stereocenters. The molecule has 2 atom stereocenters. The first-order valence-electron chi connectivity index (χ1n) is 6.62. The minimum atomic E-state index is -0.661. The van der Waals surface area contributed by atoms with Crippen molar-refractivity contribution in [3.63, 3.8) is 0 Å². The Morgan fingerprint density at radius 2 is 1.90 bits per heavy atom. The predicted octanol–water partition coefficient (Wildman–Crippen LogP) is 2.41. The van der Waals surface area contributed by atoms with Crippen LogP contribution in [0.25, 0.3) is 10.8 Å². The number of likely N-dealkylation sites (N-methyl/N-ethyl adjacent to an activating group) is 1. The van der Waals surface area contributed by atoms with E-state index in [2.05, 4.69) is 5.32 Å². The normalized spacial score (nSPS) is 13.8. The zero-order chi connectivity index (χ0) is 14.7. The number of aliphatic hydroxyl groups excluding tert-OH is 1. The second-order valence-electron chi connectivity index (χ2n) is 4.76. The molecule has 0 aliphatic carbocycles. The van der Waals surface area contributed by atoms with Crippen molar-refractivity contribution in [2.24, 2.45) is 0 Å². The average molecular weight is 273 g/mol. The highest BCUT2D eigenvalue weighted by Gasteiger charge is 2.18. The van der Waals surface area contributed by atoms with E-state index in [1.54, 1.807) is 20.9 Å². The maximum Gasteiger partial charge on any atom is 0.260 e. The zero-order valence-electron chi connectivity index (χ0n) is 11.9. The van der Waals surface area contributed by atoms with Crippen molar-refractivity contribution in [1.29, 1.82) is 0 Å². The number of rotatable bonds is 4. The van der Waals surface area contributed by atoms with Gasteiger partial charge in [-0.05, 0) is 19.2 Å². The van der Waals surface area contributed by atoms with Crippen LogP contribution in [0.4, 0.5) is 0 Å². The van der Waals surface area contributed by atoms with Gasteiger partial charge in [-0.2, -0.15) is 0 Å². The number of aliphatic hydroxyl groups is 1. The van der Waals surface area contributed by atoms with E-state index in [4.69, 9.17) is 4.74 Å². The molecule has 2 N–H and O–H groups in total. The summed E-state index contributed by atoms with van der Waals surface area (Å²) in [6, 6.07) is 11.5. The van der Waals surface area contributed by atoms with Gasteiger partial charge in [0.2, 0.25) is 0 Å². The topological polar surface area (TPSA) is 58.6 Å². The Morgan fingerprint density at radius 3 is 2.55 bits per heavy atom. The fourth-order valence-electron chi connectivity index (χ4n) is 2.15. The highest BCUT2D eigenvalue weighted by Crippen LogP contribution is 2.34. The minimum absolute atomic E-state index is 0.200. The van der Waals surface area contributed by atoms with Crippen LogP contribution in [0.1, 0.15) is 25.5 Å². The first-order chi connectivity index (χ1) is 9.54. The number of carbonyl (C=O) groups excluding carboxylic acids is 1. The van der Waals surface area contributed by atoms with Crippen LogP contribution < -0.4 is 10.1 Å². The predicted molar refractivity (Wildman–Crippen MR) is 78.7 cm³/mol. The molecule has 4 nitrogen and oxygen atoms in total. The summed E-state index contributed by atoms with van der Waals surface area (Å²) in [5.74, 6) is 0.365. The number of hydrogen-bond donors (Lipinski definition) is 2. The van der Waals surface area contributed by atoms with E-state index in [9.17, 15) is 9.90 Å². The molecule has 0 saturated carbocycles. The molecule has 0 fully saturated rings. The quantitative estimate of drug-likeness (QED) is 0.899. The summed E-state index contributed by atoms with van der Waals surface area (Å²) in [5, 5.41) is 14.3. The molecule has 0 heterocycles. The van der Waals surface area contributed by atoms with Gasteiger partial charge >= 0.3 is 0 Å². The molecule has 2 aromatic carbocycles. The van der Waals surface area contributed by atoms with Gasteiger partial charge in [0, 0.05) is 18.0 Å². The molecule has 0 bridgehead atoms. The van der Waals surface area contributed by atoms with Crippen LogP contribution in [0, 0.1) is 0 Å². The van der Waals surface area contributed by atoms with Crippen LogP contribution in [0.3, 0.4) is 0 Å². The SMILES string of the molecule is CNC(=O)C(C)Oc1c([C@@H](C)O)ccc2ccccc12. The molecule has 0 saturated heterocycles. The standard InChI is InChI=1S/C16H19NO3/c1-10(18)13-9-8-12-6-4-5-7-14(12)15(13)20-11(2)16(19)17-3/h4-11,18H,1-3H3,(H,17,19)/t10-,11?/m1/s1. The molecule has 0 aliphatic heterocycles. The largest absolute Gasteiger partial charge is 0.480 e. The Labute approximate surface area is 118 Å². The molecule has 1 amide bonds. The Morgan fingerprint density at radius 1 is 1.20 bits per heavy atom. The van der Waals surface area contributed by atoms with Crippen molar-refractivity contribution in [3.05, 3.63) is 42.0 Å². The van der Waals surface area contributed by atoms with Crippen molar-refractivity contribution in [2.45, 2.75) is 26.1 Å². The summed E-state index contributed by atoms with van der Waals surface area (Å²) in [6.07, 6.45) is -1.28. The zero-order valence-corrected chi connectivity index (χ0v) is 11.9. The number of benzene rings is 2. The van der Waals surface area contributed by atoms with Gasteiger partial charge in [-0.3, -0.25) is 4.79 Å². The lowest BCUT2D eigenvalue weighted by molar-refractivity contribution is -0.126. The molecule has 106 valence electrons. The number of fused-ring (bicyclic) bond motifs is 1. The van der Waals surface area contributed by atoms with Gasteiger partial charge in [-0.15, -0.1) is 0 Å². The van der Waals surface area contributed by atoms with Crippen molar-refractivity contribution in [2.75, 3.05) is 7.05 Å². The van der Waals surface area contributed by atoms with Gasteiger partial charge in [0.15, 0.2) is 6.10 Å². The molecule has 2 rings (SSSR count). The molecule has 0 aromatic heterocycles. The number of amides is 1. The van der Waals surface area contributed by atoms with Crippen LogP contribution in [-0.4, -0.2) is 24.2 Å². The van der Waals surface area contributed by atoms with Crippen LogP contribution >= 0.6 is 0 Å². The van der Waals surface area contributed by atoms with E-state index in [1.165, 1.54) is 0 Å². The first kappa shape index (κ1) is 14.3. The van der Waals surface area contributed by atoms with Gasteiger partial charge in [-0.25, -0.2) is 0 Å². The van der Waals surface area contributed by atoms with E-state index < -0.39 is 12.2 Å².